The molecule has 29 heavy (non-hydrogen) atoms. The SMILES string of the molecule is [B]C(CCC)C1CCC(C2CCC(C3=CC4=C(CC(Cl)OC4)C(F)C3)CC2)CC1. The minimum atomic E-state index is -0.851. The predicted molar refractivity (Wildman–Crippen MR) is 120 cm³/mol. The van der Waals surface area contributed by atoms with E-state index in [2.05, 4.69) is 13.0 Å². The second-order valence-electron chi connectivity index (χ2n) is 10.1. The zero-order chi connectivity index (χ0) is 20.4. The Bertz CT molecular complexity index is 616. The molecule has 4 rings (SSSR count). The third-order valence-corrected chi connectivity index (χ3v) is 8.65. The number of allylic oxidation sites excluding steroid dienone is 1. The van der Waals surface area contributed by atoms with E-state index in [1.54, 1.807) is 0 Å². The fourth-order valence-corrected chi connectivity index (χ4v) is 6.80. The lowest BCUT2D eigenvalue weighted by Crippen LogP contribution is -2.29. The lowest BCUT2D eigenvalue weighted by atomic mass is 9.62. The Morgan fingerprint density at radius 2 is 1.72 bits per heavy atom. The lowest BCUT2D eigenvalue weighted by Gasteiger charge is -2.40. The van der Waals surface area contributed by atoms with E-state index >= 15 is 0 Å². The number of hydrogen-bond acceptors (Lipinski definition) is 1. The molecule has 0 aromatic heterocycles. The van der Waals surface area contributed by atoms with E-state index < -0.39 is 6.17 Å². The molecule has 0 aromatic carbocycles. The van der Waals surface area contributed by atoms with Crippen LogP contribution in [0.4, 0.5) is 4.39 Å². The van der Waals surface area contributed by atoms with Gasteiger partial charge in [-0.2, -0.15) is 0 Å². The van der Waals surface area contributed by atoms with Crippen molar-refractivity contribution in [1.82, 2.24) is 0 Å². The van der Waals surface area contributed by atoms with Crippen molar-refractivity contribution in [3.8, 4) is 0 Å². The maximum atomic E-state index is 14.8. The number of hydrogen-bond donors (Lipinski definition) is 0. The first-order valence-corrected chi connectivity index (χ1v) is 12.6. The largest absolute Gasteiger partial charge is 0.357 e. The van der Waals surface area contributed by atoms with Gasteiger partial charge in [0.05, 0.1) is 14.5 Å². The van der Waals surface area contributed by atoms with Gasteiger partial charge in [-0.05, 0) is 73.3 Å². The summed E-state index contributed by atoms with van der Waals surface area (Å²) in [5.74, 6) is 3.52. The Balaban J connectivity index is 1.28. The first-order valence-electron chi connectivity index (χ1n) is 12.1. The standard InChI is InChI=1S/C25H37BClFO/c1-2-3-23(26)19-10-8-17(9-11-19)16-4-6-18(7-5-16)20-12-21-15-29-25(27)14-22(21)24(28)13-20/h12,16-19,23-25H,2-11,13-15H2,1H3. The molecule has 3 unspecified atom stereocenters. The van der Waals surface area contributed by atoms with E-state index in [-0.39, 0.29) is 5.56 Å². The zero-order valence-corrected chi connectivity index (χ0v) is 18.8. The summed E-state index contributed by atoms with van der Waals surface area (Å²) < 4.78 is 20.4. The van der Waals surface area contributed by atoms with Crippen LogP contribution in [0.15, 0.2) is 22.8 Å². The lowest BCUT2D eigenvalue weighted by molar-refractivity contribution is 0.109. The van der Waals surface area contributed by atoms with E-state index in [0.29, 0.717) is 31.2 Å². The van der Waals surface area contributed by atoms with Gasteiger partial charge in [-0.15, -0.1) is 0 Å². The second-order valence-corrected chi connectivity index (χ2v) is 10.6. The van der Waals surface area contributed by atoms with Gasteiger partial charge in [0.15, 0.2) is 0 Å². The third-order valence-electron chi connectivity index (χ3n) is 8.37. The highest BCUT2D eigenvalue weighted by molar-refractivity contribution is 6.19. The Labute approximate surface area is 183 Å². The van der Waals surface area contributed by atoms with Crippen LogP contribution in [0.3, 0.4) is 0 Å². The van der Waals surface area contributed by atoms with E-state index in [0.717, 1.165) is 28.9 Å². The molecule has 0 saturated heterocycles. The van der Waals surface area contributed by atoms with Crippen molar-refractivity contribution in [2.75, 3.05) is 6.61 Å². The van der Waals surface area contributed by atoms with Gasteiger partial charge in [0.2, 0.25) is 0 Å². The molecule has 4 heteroatoms. The van der Waals surface area contributed by atoms with Crippen LogP contribution in [0.2, 0.25) is 5.82 Å². The van der Waals surface area contributed by atoms with Crippen LogP contribution >= 0.6 is 11.6 Å². The topological polar surface area (TPSA) is 9.23 Å². The fraction of sp³-hybridized carbons (Fsp3) is 0.840. The molecule has 0 spiro atoms. The van der Waals surface area contributed by atoms with E-state index in [1.807, 2.05) is 0 Å². The fourth-order valence-electron chi connectivity index (χ4n) is 6.57. The maximum absolute atomic E-state index is 14.8. The molecule has 4 aliphatic rings. The van der Waals surface area contributed by atoms with Crippen LogP contribution in [0.1, 0.15) is 84.0 Å². The van der Waals surface area contributed by atoms with Crippen LogP contribution in [-0.4, -0.2) is 26.2 Å². The van der Waals surface area contributed by atoms with Gasteiger partial charge in [0, 0.05) is 12.8 Å². The van der Waals surface area contributed by atoms with Gasteiger partial charge in [-0.25, -0.2) is 4.39 Å². The summed E-state index contributed by atoms with van der Waals surface area (Å²) in [6.07, 6.45) is 15.4. The molecule has 2 radical (unpaired) electrons. The van der Waals surface area contributed by atoms with Crippen molar-refractivity contribution in [2.24, 2.45) is 23.7 Å². The Morgan fingerprint density at radius 3 is 2.38 bits per heavy atom. The normalized spacial score (nSPS) is 39.6. The highest BCUT2D eigenvalue weighted by Crippen LogP contribution is 2.47. The van der Waals surface area contributed by atoms with Crippen molar-refractivity contribution >= 4 is 19.4 Å². The summed E-state index contributed by atoms with van der Waals surface area (Å²) in [6.45, 7) is 2.72. The van der Waals surface area contributed by atoms with Crippen molar-refractivity contribution < 1.29 is 9.13 Å². The Hall–Kier alpha value is -0.275. The molecule has 1 heterocycles. The highest BCUT2D eigenvalue weighted by Gasteiger charge is 2.35. The Kier molecular flexibility index (Phi) is 7.49. The minimum Gasteiger partial charge on any atom is -0.357 e. The molecule has 160 valence electrons. The molecule has 0 amide bonds. The summed E-state index contributed by atoms with van der Waals surface area (Å²) in [7, 11) is 6.39. The monoisotopic (exact) mass is 418 g/mol. The molecular weight excluding hydrogens is 382 g/mol. The zero-order valence-electron chi connectivity index (χ0n) is 18.1. The van der Waals surface area contributed by atoms with Crippen LogP contribution < -0.4 is 0 Å². The van der Waals surface area contributed by atoms with Crippen molar-refractivity contribution in [3.63, 3.8) is 0 Å². The number of ether oxygens (including phenoxy) is 1. The second kappa shape index (κ2) is 9.90. The molecule has 3 atom stereocenters. The van der Waals surface area contributed by atoms with Gasteiger partial charge < -0.3 is 4.74 Å². The van der Waals surface area contributed by atoms with Crippen LogP contribution in [0.25, 0.3) is 0 Å². The molecule has 1 nitrogen and oxygen atoms in total. The predicted octanol–water partition coefficient (Wildman–Crippen LogP) is 7.31. The van der Waals surface area contributed by atoms with E-state index in [4.69, 9.17) is 24.2 Å². The molecular formula is C25H37BClFO. The van der Waals surface area contributed by atoms with Gasteiger partial charge in [0.25, 0.3) is 0 Å². The number of halogens is 2. The van der Waals surface area contributed by atoms with Crippen molar-refractivity contribution in [3.05, 3.63) is 22.8 Å². The summed E-state index contributed by atoms with van der Waals surface area (Å²) >= 11 is 6.07. The van der Waals surface area contributed by atoms with E-state index in [9.17, 15) is 4.39 Å². The highest BCUT2D eigenvalue weighted by atomic mass is 35.5. The first-order chi connectivity index (χ1) is 14.0. The van der Waals surface area contributed by atoms with Gasteiger partial charge in [0.1, 0.15) is 11.7 Å². The van der Waals surface area contributed by atoms with Crippen molar-refractivity contribution in [1.29, 1.82) is 0 Å². The number of rotatable bonds is 5. The smallest absolute Gasteiger partial charge is 0.135 e. The average molecular weight is 419 g/mol. The summed E-state index contributed by atoms with van der Waals surface area (Å²) in [6, 6.07) is 0. The Morgan fingerprint density at radius 1 is 1.07 bits per heavy atom. The minimum absolute atomic E-state index is 0.357. The summed E-state index contributed by atoms with van der Waals surface area (Å²) in [5.41, 5.74) is 2.94. The van der Waals surface area contributed by atoms with Crippen molar-refractivity contribution in [2.45, 2.75) is 102 Å². The quantitative estimate of drug-likeness (QED) is 0.336. The van der Waals surface area contributed by atoms with Crippen LogP contribution in [-0.2, 0) is 4.74 Å². The van der Waals surface area contributed by atoms with Gasteiger partial charge in [-0.3, -0.25) is 0 Å². The molecule has 0 N–H and O–H groups in total. The molecule has 1 aliphatic heterocycles. The summed E-state index contributed by atoms with van der Waals surface area (Å²) in [4.78, 5) is 0. The molecule has 0 aromatic rings. The van der Waals surface area contributed by atoms with E-state index in [1.165, 1.54) is 69.8 Å². The molecule has 0 bridgehead atoms. The first kappa shape index (κ1) is 21.9. The number of alkyl halides is 2. The molecule has 3 aliphatic carbocycles. The van der Waals surface area contributed by atoms with Gasteiger partial charge in [-0.1, -0.05) is 61.7 Å². The maximum Gasteiger partial charge on any atom is 0.135 e. The molecule has 2 saturated carbocycles. The average Bonchev–Trinajstić information content (AvgIpc) is 2.74. The summed E-state index contributed by atoms with van der Waals surface area (Å²) in [5, 5.41) is 0. The third kappa shape index (κ3) is 5.14. The van der Waals surface area contributed by atoms with Crippen LogP contribution in [0, 0.1) is 23.7 Å². The van der Waals surface area contributed by atoms with Crippen LogP contribution in [0.5, 0.6) is 0 Å². The van der Waals surface area contributed by atoms with Gasteiger partial charge >= 0.3 is 0 Å². The molecule has 2 fully saturated rings.